The number of rotatable bonds is 16. The fourth-order valence-electron chi connectivity index (χ4n) is 5.46. The molecule has 1 aliphatic rings. The van der Waals surface area contributed by atoms with Gasteiger partial charge < -0.3 is 51.2 Å². The number of nitrogens with zero attached hydrogens (tertiary/aromatic N) is 1. The summed E-state index contributed by atoms with van der Waals surface area (Å²) < 4.78 is 17.1. The second-order valence-electron chi connectivity index (χ2n) is 11.5. The fourth-order valence-corrected chi connectivity index (χ4v) is 5.46. The molecule has 0 radical (unpaired) electrons. The molecule has 14 heteroatoms. The summed E-state index contributed by atoms with van der Waals surface area (Å²) in [5.74, 6) is -2.67. The van der Waals surface area contributed by atoms with Crippen molar-refractivity contribution in [2.24, 2.45) is 11.5 Å². The lowest BCUT2D eigenvalue weighted by molar-refractivity contribution is -0.268. The molecule has 2 unspecified atom stereocenters. The van der Waals surface area contributed by atoms with Crippen molar-refractivity contribution in [3.05, 3.63) is 71.8 Å². The summed E-state index contributed by atoms with van der Waals surface area (Å²) >= 11 is 0. The molecule has 3 rings (SSSR count). The van der Waals surface area contributed by atoms with Crippen LogP contribution >= 0.6 is 0 Å². The van der Waals surface area contributed by atoms with Gasteiger partial charge in [0.15, 0.2) is 12.4 Å². The molecule has 0 saturated carbocycles. The van der Waals surface area contributed by atoms with Crippen molar-refractivity contribution in [3.63, 3.8) is 0 Å². The molecule has 1 aliphatic heterocycles. The van der Waals surface area contributed by atoms with Gasteiger partial charge in [-0.15, -0.1) is 0 Å². The van der Waals surface area contributed by atoms with Crippen LogP contribution in [0.2, 0.25) is 0 Å². The van der Waals surface area contributed by atoms with Gasteiger partial charge in [0.25, 0.3) is 0 Å². The predicted molar refractivity (Wildman–Crippen MR) is 169 cm³/mol. The van der Waals surface area contributed by atoms with Crippen LogP contribution in [0.3, 0.4) is 0 Å². The highest BCUT2D eigenvalue weighted by atomic mass is 16.6. The van der Waals surface area contributed by atoms with Crippen LogP contribution in [0.4, 0.5) is 0 Å². The standard InChI is InChI=1S/C33H46N4O10/c1-4-23(34)32(43)37(17-19(2)45-30-27(36-20(3)39)33(44)46-25(18-38)28(30)41)24(31(35)42)15-16-26(40)47-29(21-11-7-5-8-12-21)22-13-9-6-10-14-22/h5-14,19,23-25,27-30,33,38,41,44H,4,15-18,34H2,1-3H3,(H2,35,42)(H,36,39)/t19?,23?,24-,25-,27-,28-,30-,33+/m1/s1. The van der Waals surface area contributed by atoms with E-state index < -0.39 is 85.2 Å². The average molecular weight is 659 g/mol. The molecule has 47 heavy (non-hydrogen) atoms. The Labute approximate surface area is 274 Å². The average Bonchev–Trinajstić information content (AvgIpc) is 3.06. The van der Waals surface area contributed by atoms with Crippen LogP contribution in [0.15, 0.2) is 60.7 Å². The molecule has 1 fully saturated rings. The third-order valence-corrected chi connectivity index (χ3v) is 7.91. The predicted octanol–water partition coefficient (Wildman–Crippen LogP) is -0.132. The Morgan fingerprint density at radius 2 is 1.60 bits per heavy atom. The number of hydrogen-bond acceptors (Lipinski definition) is 11. The highest BCUT2D eigenvalue weighted by Gasteiger charge is 2.46. The summed E-state index contributed by atoms with van der Waals surface area (Å²) in [7, 11) is 0. The Morgan fingerprint density at radius 1 is 1.02 bits per heavy atom. The van der Waals surface area contributed by atoms with Gasteiger partial charge in [-0.25, -0.2) is 0 Å². The number of amides is 3. The number of nitrogens with two attached hydrogens (primary N) is 2. The normalized spacial score (nSPS) is 22.9. The van der Waals surface area contributed by atoms with Crippen molar-refractivity contribution < 1.29 is 48.7 Å². The number of esters is 1. The quantitative estimate of drug-likeness (QED) is 0.130. The fraction of sp³-hybridized carbons (Fsp3) is 0.515. The van der Waals surface area contributed by atoms with Gasteiger partial charge in [-0.3, -0.25) is 19.2 Å². The molecule has 8 atom stereocenters. The molecule has 2 aromatic rings. The van der Waals surface area contributed by atoms with Crippen LogP contribution in [0.5, 0.6) is 0 Å². The third kappa shape index (κ3) is 10.3. The molecule has 14 nitrogen and oxygen atoms in total. The first-order chi connectivity index (χ1) is 22.4. The van der Waals surface area contributed by atoms with Crippen molar-refractivity contribution in [3.8, 4) is 0 Å². The van der Waals surface area contributed by atoms with E-state index in [0.717, 1.165) is 16.0 Å². The largest absolute Gasteiger partial charge is 0.453 e. The van der Waals surface area contributed by atoms with E-state index in [4.69, 9.17) is 25.7 Å². The molecule has 3 amide bonds. The zero-order valence-corrected chi connectivity index (χ0v) is 26.8. The van der Waals surface area contributed by atoms with Gasteiger partial charge in [-0.2, -0.15) is 0 Å². The Bertz CT molecular complexity index is 1280. The molecule has 2 aromatic carbocycles. The summed E-state index contributed by atoms with van der Waals surface area (Å²) in [6.45, 7) is 3.53. The molecule has 258 valence electrons. The molecular formula is C33H46N4O10. The first-order valence-electron chi connectivity index (χ1n) is 15.6. The number of nitrogens with one attached hydrogen (secondary N) is 1. The highest BCUT2D eigenvalue weighted by molar-refractivity contribution is 5.89. The van der Waals surface area contributed by atoms with Gasteiger partial charge >= 0.3 is 5.97 Å². The molecule has 0 aliphatic carbocycles. The lowest BCUT2D eigenvalue weighted by Gasteiger charge is -2.44. The second kappa shape index (κ2) is 17.8. The van der Waals surface area contributed by atoms with Crippen LogP contribution in [0.1, 0.15) is 57.3 Å². The minimum absolute atomic E-state index is 0.181. The summed E-state index contributed by atoms with van der Waals surface area (Å²) in [5, 5.41) is 33.4. The Kier molecular flexibility index (Phi) is 14.3. The molecule has 0 spiro atoms. The minimum atomic E-state index is -1.62. The van der Waals surface area contributed by atoms with Crippen LogP contribution in [0.25, 0.3) is 0 Å². The second-order valence-corrected chi connectivity index (χ2v) is 11.5. The highest BCUT2D eigenvalue weighted by Crippen LogP contribution is 2.27. The Morgan fingerprint density at radius 3 is 2.09 bits per heavy atom. The first-order valence-corrected chi connectivity index (χ1v) is 15.6. The maximum absolute atomic E-state index is 13.5. The van der Waals surface area contributed by atoms with Gasteiger partial charge in [-0.1, -0.05) is 67.6 Å². The van der Waals surface area contributed by atoms with Crippen molar-refractivity contribution >= 4 is 23.7 Å². The van der Waals surface area contributed by atoms with E-state index >= 15 is 0 Å². The Hall–Kier alpha value is -3.92. The van der Waals surface area contributed by atoms with E-state index in [1.54, 1.807) is 13.8 Å². The number of primary amides is 1. The lowest BCUT2D eigenvalue weighted by atomic mass is 9.96. The van der Waals surface area contributed by atoms with E-state index in [1.807, 2.05) is 60.7 Å². The number of carbonyl (C=O) groups excluding carboxylic acids is 4. The van der Waals surface area contributed by atoms with Gasteiger partial charge in [0, 0.05) is 19.9 Å². The zero-order valence-electron chi connectivity index (χ0n) is 26.8. The molecule has 1 heterocycles. The van der Waals surface area contributed by atoms with Crippen molar-refractivity contribution in [1.82, 2.24) is 10.2 Å². The molecular weight excluding hydrogens is 612 g/mol. The van der Waals surface area contributed by atoms with Crippen molar-refractivity contribution in [2.45, 2.75) is 95.0 Å². The van der Waals surface area contributed by atoms with Gasteiger partial charge in [0.2, 0.25) is 17.7 Å². The maximum atomic E-state index is 13.5. The van der Waals surface area contributed by atoms with E-state index in [9.17, 15) is 34.5 Å². The van der Waals surface area contributed by atoms with Crippen LogP contribution < -0.4 is 16.8 Å². The first kappa shape index (κ1) is 37.5. The van der Waals surface area contributed by atoms with E-state index in [2.05, 4.69) is 5.32 Å². The lowest BCUT2D eigenvalue weighted by Crippen LogP contribution is -2.65. The number of carbonyl (C=O) groups is 4. The molecule has 0 aromatic heterocycles. The summed E-state index contributed by atoms with van der Waals surface area (Å²) in [5.41, 5.74) is 13.3. The molecule has 0 bridgehead atoms. The van der Waals surface area contributed by atoms with Crippen molar-refractivity contribution in [2.75, 3.05) is 13.2 Å². The van der Waals surface area contributed by atoms with E-state index in [-0.39, 0.29) is 25.8 Å². The third-order valence-electron chi connectivity index (χ3n) is 7.91. The monoisotopic (exact) mass is 658 g/mol. The number of ether oxygens (including phenoxy) is 3. The summed E-state index contributed by atoms with van der Waals surface area (Å²) in [4.78, 5) is 52.4. The van der Waals surface area contributed by atoms with E-state index in [0.29, 0.717) is 0 Å². The summed E-state index contributed by atoms with van der Waals surface area (Å²) in [6, 6.07) is 14.8. The maximum Gasteiger partial charge on any atom is 0.306 e. The van der Waals surface area contributed by atoms with Crippen LogP contribution in [0, 0.1) is 0 Å². The zero-order chi connectivity index (χ0) is 34.7. The number of benzene rings is 2. The topological polar surface area (TPSA) is 224 Å². The summed E-state index contributed by atoms with van der Waals surface area (Å²) in [6.07, 6.45) is -7.45. The molecule has 1 saturated heterocycles. The number of aliphatic hydroxyl groups is 3. The van der Waals surface area contributed by atoms with Gasteiger partial charge in [0.05, 0.1) is 18.8 Å². The van der Waals surface area contributed by atoms with E-state index in [1.165, 1.54) is 6.92 Å². The van der Waals surface area contributed by atoms with Crippen LogP contribution in [-0.2, 0) is 33.4 Å². The van der Waals surface area contributed by atoms with Crippen LogP contribution in [-0.4, -0.2) is 106 Å². The van der Waals surface area contributed by atoms with Crippen molar-refractivity contribution in [1.29, 1.82) is 0 Å². The number of hydrogen-bond donors (Lipinski definition) is 6. The van der Waals surface area contributed by atoms with Gasteiger partial charge in [0.1, 0.15) is 30.4 Å². The number of aliphatic hydroxyl groups excluding tert-OH is 3. The minimum Gasteiger partial charge on any atom is -0.453 e. The SMILES string of the molecule is CCC(N)C(=O)N(CC(C)O[C@H]1[C@H](O)[C@@H](CO)O[C@H](O)[C@@H]1NC(C)=O)[C@H](CCC(=O)OC(c1ccccc1)c1ccccc1)C(N)=O. The smallest absolute Gasteiger partial charge is 0.306 e. The van der Waals surface area contributed by atoms with Gasteiger partial charge in [-0.05, 0) is 30.9 Å². The Balaban J connectivity index is 1.80. The molecule has 8 N–H and O–H groups in total.